The molecule has 0 radical (unpaired) electrons. The molecule has 0 aliphatic carbocycles. The van der Waals surface area contributed by atoms with Crippen molar-refractivity contribution < 1.29 is 17.9 Å². The lowest BCUT2D eigenvalue weighted by Gasteiger charge is -2.27. The van der Waals surface area contributed by atoms with E-state index < -0.39 is 21.5 Å². The van der Waals surface area contributed by atoms with E-state index in [0.717, 1.165) is 11.8 Å². The van der Waals surface area contributed by atoms with Crippen LogP contribution in [-0.4, -0.2) is 50.9 Å². The van der Waals surface area contributed by atoms with Gasteiger partial charge < -0.3 is 4.74 Å². The fraction of sp³-hybridized carbons (Fsp3) is 0.261. The zero-order valence-corrected chi connectivity index (χ0v) is 21.9. The molecule has 0 spiro atoms. The Morgan fingerprint density at radius 1 is 1.11 bits per heavy atom. The van der Waals surface area contributed by atoms with Crippen molar-refractivity contribution in [2.45, 2.75) is 38.1 Å². The summed E-state index contributed by atoms with van der Waals surface area (Å²) in [5, 5.41) is 4.10. The summed E-state index contributed by atoms with van der Waals surface area (Å²) in [6.45, 7) is 5.32. The number of carbonyl (C=O) groups excluding carboxylic acids is 1. The quantitative estimate of drug-likeness (QED) is 0.332. The zero-order valence-electron chi connectivity index (χ0n) is 19.5. The first-order chi connectivity index (χ1) is 16.4. The lowest BCUT2D eigenvalue weighted by atomic mass is 10.1. The molecule has 0 atom stereocenters. The third-order valence-electron chi connectivity index (χ3n) is 4.72. The van der Waals surface area contributed by atoms with Crippen molar-refractivity contribution in [3.8, 4) is 11.3 Å². The standard InChI is InChI=1S/C23H23BrN6O4S/c1-23(2,3)34-22(31)29(14-15-11-25-21(26-12-15)35(4,32)33)19-10-18(16-8-6-5-7-9-16)28-20-17(24)13-27-30(19)20/h5-13H,14H2,1-4H3. The van der Waals surface area contributed by atoms with E-state index in [2.05, 4.69) is 31.0 Å². The van der Waals surface area contributed by atoms with E-state index in [1.165, 1.54) is 21.8 Å². The van der Waals surface area contributed by atoms with Crippen molar-refractivity contribution >= 4 is 43.3 Å². The van der Waals surface area contributed by atoms with Crippen LogP contribution in [0, 0.1) is 0 Å². The van der Waals surface area contributed by atoms with Gasteiger partial charge in [0.2, 0.25) is 15.0 Å². The Hall–Kier alpha value is -3.38. The molecule has 0 N–H and O–H groups in total. The summed E-state index contributed by atoms with van der Waals surface area (Å²) in [5.41, 5.74) is 1.74. The maximum atomic E-state index is 13.4. The second kappa shape index (κ2) is 9.34. The molecule has 1 amide bonds. The SMILES string of the molecule is CC(C)(C)OC(=O)N(Cc1cnc(S(C)(=O)=O)nc1)c1cc(-c2ccccc2)nc2c(Br)cnn12. The number of nitrogens with zero attached hydrogens (tertiary/aromatic N) is 6. The highest BCUT2D eigenvalue weighted by Gasteiger charge is 2.27. The number of amides is 1. The average molecular weight is 559 g/mol. The van der Waals surface area contributed by atoms with Crippen LogP contribution in [0.25, 0.3) is 16.9 Å². The number of ether oxygens (including phenoxy) is 1. The number of hydrogen-bond acceptors (Lipinski definition) is 8. The van der Waals surface area contributed by atoms with Crippen LogP contribution in [0.3, 0.4) is 0 Å². The lowest BCUT2D eigenvalue weighted by Crippen LogP contribution is -2.37. The van der Waals surface area contributed by atoms with Crippen LogP contribution in [0.4, 0.5) is 10.6 Å². The number of aromatic nitrogens is 5. The van der Waals surface area contributed by atoms with E-state index in [-0.39, 0.29) is 11.7 Å². The maximum absolute atomic E-state index is 13.4. The summed E-state index contributed by atoms with van der Waals surface area (Å²) in [4.78, 5) is 27.4. The summed E-state index contributed by atoms with van der Waals surface area (Å²) in [6, 6.07) is 11.3. The van der Waals surface area contributed by atoms with Crippen LogP contribution >= 0.6 is 15.9 Å². The number of halogens is 1. The molecule has 0 fully saturated rings. The highest BCUT2D eigenvalue weighted by atomic mass is 79.9. The van der Waals surface area contributed by atoms with Crippen LogP contribution in [0.2, 0.25) is 0 Å². The van der Waals surface area contributed by atoms with E-state index in [1.807, 2.05) is 30.3 Å². The lowest BCUT2D eigenvalue weighted by molar-refractivity contribution is 0.0575. The molecule has 0 bridgehead atoms. The van der Waals surface area contributed by atoms with Crippen molar-refractivity contribution in [3.05, 3.63) is 65.0 Å². The van der Waals surface area contributed by atoms with Gasteiger partial charge in [-0.3, -0.25) is 4.90 Å². The van der Waals surface area contributed by atoms with Gasteiger partial charge in [0.05, 0.1) is 22.9 Å². The van der Waals surface area contributed by atoms with E-state index in [4.69, 9.17) is 9.72 Å². The molecule has 0 aliphatic rings. The second-order valence-corrected chi connectivity index (χ2v) is 11.6. The molecule has 3 heterocycles. The van der Waals surface area contributed by atoms with E-state index in [1.54, 1.807) is 33.0 Å². The first kappa shape index (κ1) is 24.7. The molecule has 0 unspecified atom stereocenters. The molecule has 4 rings (SSSR count). The minimum Gasteiger partial charge on any atom is -0.443 e. The summed E-state index contributed by atoms with van der Waals surface area (Å²) < 4.78 is 31.4. The van der Waals surface area contributed by atoms with Crippen molar-refractivity contribution in [1.82, 2.24) is 24.6 Å². The smallest absolute Gasteiger partial charge is 0.416 e. The molecule has 0 saturated heterocycles. The largest absolute Gasteiger partial charge is 0.443 e. The molecule has 35 heavy (non-hydrogen) atoms. The number of rotatable bonds is 5. The molecule has 0 saturated carbocycles. The fourth-order valence-corrected chi connectivity index (χ4v) is 4.06. The molecule has 3 aromatic heterocycles. The second-order valence-electron chi connectivity index (χ2n) is 8.81. The van der Waals surface area contributed by atoms with Crippen LogP contribution in [-0.2, 0) is 21.1 Å². The number of sulfone groups is 1. The number of benzene rings is 1. The van der Waals surface area contributed by atoms with Gasteiger partial charge in [-0.25, -0.2) is 28.2 Å². The number of fused-ring (bicyclic) bond motifs is 1. The third-order valence-corrected chi connectivity index (χ3v) is 6.16. The van der Waals surface area contributed by atoms with Gasteiger partial charge in [0.15, 0.2) is 5.65 Å². The molecular weight excluding hydrogens is 536 g/mol. The highest BCUT2D eigenvalue weighted by Crippen LogP contribution is 2.29. The summed E-state index contributed by atoms with van der Waals surface area (Å²) in [6.07, 6.45) is 4.75. The molecular formula is C23H23BrN6O4S. The Bertz CT molecular complexity index is 1480. The van der Waals surface area contributed by atoms with Crippen molar-refractivity contribution in [2.75, 3.05) is 11.2 Å². The topological polar surface area (TPSA) is 120 Å². The van der Waals surface area contributed by atoms with E-state index >= 15 is 0 Å². The minimum absolute atomic E-state index is 0.00375. The van der Waals surface area contributed by atoms with Gasteiger partial charge in [-0.2, -0.15) is 9.61 Å². The Morgan fingerprint density at radius 3 is 2.37 bits per heavy atom. The number of hydrogen-bond donors (Lipinski definition) is 0. The first-order valence-corrected chi connectivity index (χ1v) is 13.2. The van der Waals surface area contributed by atoms with Crippen LogP contribution < -0.4 is 4.90 Å². The fourth-order valence-electron chi connectivity index (χ4n) is 3.22. The van der Waals surface area contributed by atoms with Gasteiger partial charge in [-0.15, -0.1) is 0 Å². The van der Waals surface area contributed by atoms with Gasteiger partial charge in [-0.05, 0) is 36.7 Å². The van der Waals surface area contributed by atoms with Gasteiger partial charge >= 0.3 is 6.09 Å². The molecule has 182 valence electrons. The van der Waals surface area contributed by atoms with Crippen LogP contribution in [0.5, 0.6) is 0 Å². The van der Waals surface area contributed by atoms with Crippen LogP contribution in [0.15, 0.2) is 64.6 Å². The zero-order chi connectivity index (χ0) is 25.4. The van der Waals surface area contributed by atoms with E-state index in [9.17, 15) is 13.2 Å². The predicted molar refractivity (Wildman–Crippen MR) is 134 cm³/mol. The maximum Gasteiger partial charge on any atom is 0.416 e. The van der Waals surface area contributed by atoms with Crippen LogP contribution in [0.1, 0.15) is 26.3 Å². The molecule has 0 aliphatic heterocycles. The molecule has 10 nitrogen and oxygen atoms in total. The normalized spacial score (nSPS) is 12.0. The molecule has 4 aromatic rings. The van der Waals surface area contributed by atoms with Gasteiger partial charge in [0.1, 0.15) is 11.4 Å². The van der Waals surface area contributed by atoms with Crippen molar-refractivity contribution in [2.24, 2.45) is 0 Å². The summed E-state index contributed by atoms with van der Waals surface area (Å²) >= 11 is 3.48. The van der Waals surface area contributed by atoms with Crippen molar-refractivity contribution in [1.29, 1.82) is 0 Å². The highest BCUT2D eigenvalue weighted by molar-refractivity contribution is 9.10. The summed E-state index contributed by atoms with van der Waals surface area (Å²) in [7, 11) is -3.56. The first-order valence-electron chi connectivity index (χ1n) is 10.5. The monoisotopic (exact) mass is 558 g/mol. The summed E-state index contributed by atoms with van der Waals surface area (Å²) in [5.74, 6) is 0.404. The Morgan fingerprint density at radius 2 is 1.77 bits per heavy atom. The Labute approximate surface area is 211 Å². The Kier molecular flexibility index (Phi) is 6.60. The van der Waals surface area contributed by atoms with E-state index in [0.29, 0.717) is 27.2 Å². The average Bonchev–Trinajstić information content (AvgIpc) is 3.17. The third kappa shape index (κ3) is 5.65. The molecule has 1 aromatic carbocycles. The van der Waals surface area contributed by atoms with Gasteiger partial charge in [0.25, 0.3) is 0 Å². The van der Waals surface area contributed by atoms with Crippen molar-refractivity contribution in [3.63, 3.8) is 0 Å². The number of anilines is 1. The van der Waals surface area contributed by atoms with Gasteiger partial charge in [0, 0.05) is 35.8 Å². The Balaban J connectivity index is 1.85. The minimum atomic E-state index is -3.56. The molecule has 12 heteroatoms. The predicted octanol–water partition coefficient (Wildman–Crippen LogP) is 4.29. The number of carbonyl (C=O) groups is 1. The van der Waals surface area contributed by atoms with Gasteiger partial charge in [-0.1, -0.05) is 30.3 Å².